The fraction of sp³-hybridized carbons (Fsp3) is 0.556. The highest BCUT2D eigenvalue weighted by Gasteiger charge is 2.36. The minimum absolute atomic E-state index is 0.0303. The van der Waals surface area contributed by atoms with Crippen molar-refractivity contribution in [2.75, 3.05) is 25.4 Å². The van der Waals surface area contributed by atoms with E-state index in [4.69, 9.17) is 5.73 Å². The van der Waals surface area contributed by atoms with Crippen molar-refractivity contribution in [1.82, 2.24) is 10.2 Å². The molecule has 0 radical (unpaired) electrons. The van der Waals surface area contributed by atoms with Gasteiger partial charge in [-0.25, -0.2) is 0 Å². The fourth-order valence-corrected chi connectivity index (χ4v) is 4.74. The predicted molar refractivity (Wildman–Crippen MR) is 95.9 cm³/mol. The molecule has 3 rings (SSSR count). The van der Waals surface area contributed by atoms with Gasteiger partial charge in [0.15, 0.2) is 0 Å². The highest BCUT2D eigenvalue weighted by Crippen LogP contribution is 2.40. The smallest absolute Gasteiger partial charge is 0.231 e. The van der Waals surface area contributed by atoms with E-state index >= 15 is 0 Å². The van der Waals surface area contributed by atoms with Gasteiger partial charge in [0.05, 0.1) is 5.92 Å². The Morgan fingerprint density at radius 3 is 2.96 bits per heavy atom. The first-order valence-corrected chi connectivity index (χ1v) is 9.68. The van der Waals surface area contributed by atoms with E-state index in [2.05, 4.69) is 17.4 Å². The largest absolute Gasteiger partial charge is 0.354 e. The Hall–Kier alpha value is -1.53. The van der Waals surface area contributed by atoms with Gasteiger partial charge in [0.1, 0.15) is 0 Å². The molecule has 2 aliphatic heterocycles. The number of nitrogens with zero attached hydrogens (tertiary/aromatic N) is 1. The average Bonchev–Trinajstić information content (AvgIpc) is 3.04. The van der Waals surface area contributed by atoms with Gasteiger partial charge in [-0.2, -0.15) is 0 Å². The predicted octanol–water partition coefficient (Wildman–Crippen LogP) is 1.72. The van der Waals surface area contributed by atoms with Crippen molar-refractivity contribution < 1.29 is 9.59 Å². The molecule has 0 aromatic heterocycles. The maximum absolute atomic E-state index is 13.1. The van der Waals surface area contributed by atoms with Crippen LogP contribution in [0.2, 0.25) is 0 Å². The summed E-state index contributed by atoms with van der Waals surface area (Å²) in [6, 6.07) is 8.29. The molecule has 1 fully saturated rings. The molecule has 24 heavy (non-hydrogen) atoms. The Balaban J connectivity index is 1.67. The topological polar surface area (TPSA) is 75.4 Å². The first-order valence-electron chi connectivity index (χ1n) is 8.69. The molecule has 2 atom stereocenters. The molecule has 5 nitrogen and oxygen atoms in total. The van der Waals surface area contributed by atoms with Crippen molar-refractivity contribution in [3.8, 4) is 0 Å². The fourth-order valence-electron chi connectivity index (χ4n) is 3.52. The number of carbonyl (C=O) groups excluding carboxylic acids is 2. The van der Waals surface area contributed by atoms with Crippen molar-refractivity contribution in [3.63, 3.8) is 0 Å². The van der Waals surface area contributed by atoms with Crippen LogP contribution in [-0.2, 0) is 9.59 Å². The molecule has 130 valence electrons. The molecule has 2 aliphatic rings. The lowest BCUT2D eigenvalue weighted by Crippen LogP contribution is -2.51. The van der Waals surface area contributed by atoms with Crippen molar-refractivity contribution >= 4 is 23.6 Å². The number of benzene rings is 1. The van der Waals surface area contributed by atoms with Gasteiger partial charge in [0, 0.05) is 42.7 Å². The van der Waals surface area contributed by atoms with Crippen LogP contribution in [0.5, 0.6) is 0 Å². The molecular weight excluding hydrogens is 322 g/mol. The minimum atomic E-state index is -0.0495. The van der Waals surface area contributed by atoms with Crippen LogP contribution in [0.25, 0.3) is 0 Å². The summed E-state index contributed by atoms with van der Waals surface area (Å²) in [6.07, 6.45) is 3.45. The van der Waals surface area contributed by atoms with Gasteiger partial charge in [-0.3, -0.25) is 9.59 Å². The zero-order valence-corrected chi connectivity index (χ0v) is 14.7. The van der Waals surface area contributed by atoms with Crippen molar-refractivity contribution in [2.24, 2.45) is 5.73 Å². The quantitative estimate of drug-likeness (QED) is 0.850. The van der Waals surface area contributed by atoms with Gasteiger partial charge in [0.2, 0.25) is 11.8 Å². The first-order chi connectivity index (χ1) is 11.7. The normalized spacial score (nSPS) is 23.0. The second kappa shape index (κ2) is 8.03. The first kappa shape index (κ1) is 17.3. The zero-order valence-electron chi connectivity index (χ0n) is 13.9. The third-order valence-corrected chi connectivity index (χ3v) is 6.00. The molecule has 2 unspecified atom stereocenters. The molecule has 0 aliphatic carbocycles. The Morgan fingerprint density at radius 1 is 1.29 bits per heavy atom. The Bertz CT molecular complexity index is 608. The molecular formula is C18H25N3O2S. The van der Waals surface area contributed by atoms with Gasteiger partial charge >= 0.3 is 0 Å². The molecule has 1 aromatic carbocycles. The molecule has 1 saturated heterocycles. The van der Waals surface area contributed by atoms with Crippen LogP contribution in [0, 0.1) is 0 Å². The van der Waals surface area contributed by atoms with E-state index in [0.29, 0.717) is 19.5 Å². The monoisotopic (exact) mass is 347 g/mol. The maximum Gasteiger partial charge on any atom is 0.231 e. The number of nitrogens with one attached hydrogen (secondary N) is 1. The highest BCUT2D eigenvalue weighted by molar-refractivity contribution is 7.99. The molecule has 0 spiro atoms. The summed E-state index contributed by atoms with van der Waals surface area (Å²) in [4.78, 5) is 28.0. The van der Waals surface area contributed by atoms with E-state index in [1.165, 1.54) is 4.90 Å². The van der Waals surface area contributed by atoms with Crippen LogP contribution >= 0.6 is 11.8 Å². The summed E-state index contributed by atoms with van der Waals surface area (Å²) >= 11 is 1.76. The number of nitrogens with two attached hydrogens (primary N) is 1. The minimum Gasteiger partial charge on any atom is -0.354 e. The summed E-state index contributed by atoms with van der Waals surface area (Å²) in [5.74, 6) is 0.954. The SMILES string of the molecule is NCCC(=O)NCC1CCCCN1C(=O)C1CSc2ccccc21. The van der Waals surface area contributed by atoms with E-state index in [9.17, 15) is 9.59 Å². The summed E-state index contributed by atoms with van der Waals surface area (Å²) in [7, 11) is 0. The van der Waals surface area contributed by atoms with Crippen molar-refractivity contribution in [2.45, 2.75) is 42.5 Å². The Labute approximate surface area is 147 Å². The van der Waals surface area contributed by atoms with Crippen LogP contribution in [0.3, 0.4) is 0 Å². The Kier molecular flexibility index (Phi) is 5.79. The average molecular weight is 347 g/mol. The van der Waals surface area contributed by atoms with Crippen molar-refractivity contribution in [1.29, 1.82) is 0 Å². The molecule has 2 amide bonds. The van der Waals surface area contributed by atoms with Crippen LogP contribution in [0.15, 0.2) is 29.2 Å². The van der Waals surface area contributed by atoms with Gasteiger partial charge in [-0.1, -0.05) is 18.2 Å². The number of rotatable bonds is 5. The van der Waals surface area contributed by atoms with Crippen LogP contribution in [0.4, 0.5) is 0 Å². The van der Waals surface area contributed by atoms with Crippen LogP contribution in [-0.4, -0.2) is 48.1 Å². The lowest BCUT2D eigenvalue weighted by molar-refractivity contribution is -0.136. The van der Waals surface area contributed by atoms with E-state index in [1.807, 2.05) is 17.0 Å². The van der Waals surface area contributed by atoms with Gasteiger partial charge < -0.3 is 16.0 Å². The van der Waals surface area contributed by atoms with Gasteiger partial charge in [-0.15, -0.1) is 11.8 Å². The molecule has 2 heterocycles. The van der Waals surface area contributed by atoms with E-state index in [1.54, 1.807) is 11.8 Å². The maximum atomic E-state index is 13.1. The molecule has 1 aromatic rings. The number of fused-ring (bicyclic) bond motifs is 1. The van der Waals surface area contributed by atoms with Gasteiger partial charge in [-0.05, 0) is 30.9 Å². The number of hydrogen-bond donors (Lipinski definition) is 2. The third kappa shape index (κ3) is 3.75. The number of carbonyl (C=O) groups is 2. The van der Waals surface area contributed by atoms with E-state index in [0.717, 1.165) is 37.1 Å². The lowest BCUT2D eigenvalue weighted by Gasteiger charge is -2.37. The number of amides is 2. The highest BCUT2D eigenvalue weighted by atomic mass is 32.2. The van der Waals surface area contributed by atoms with E-state index < -0.39 is 0 Å². The lowest BCUT2D eigenvalue weighted by atomic mass is 9.95. The summed E-state index contributed by atoms with van der Waals surface area (Å²) in [5, 5.41) is 2.93. The number of piperidine rings is 1. The van der Waals surface area contributed by atoms with Crippen molar-refractivity contribution in [3.05, 3.63) is 29.8 Å². The summed E-state index contributed by atoms with van der Waals surface area (Å²) in [6.45, 7) is 1.68. The second-order valence-corrected chi connectivity index (χ2v) is 7.49. The van der Waals surface area contributed by atoms with Crippen LogP contribution in [0.1, 0.15) is 37.2 Å². The molecule has 0 saturated carbocycles. The molecule has 6 heteroatoms. The van der Waals surface area contributed by atoms with Crippen LogP contribution < -0.4 is 11.1 Å². The number of hydrogen-bond acceptors (Lipinski definition) is 4. The second-order valence-electron chi connectivity index (χ2n) is 6.43. The number of thioether (sulfide) groups is 1. The standard InChI is InChI=1S/C18H25N3O2S/c19-9-8-17(22)20-11-13-5-3-4-10-21(13)18(23)15-12-24-16-7-2-1-6-14(15)16/h1-2,6-7,13,15H,3-5,8-12,19H2,(H,20,22). The summed E-state index contributed by atoms with van der Waals surface area (Å²) in [5.41, 5.74) is 6.57. The molecule has 3 N–H and O–H groups in total. The molecule has 0 bridgehead atoms. The third-order valence-electron chi connectivity index (χ3n) is 4.81. The zero-order chi connectivity index (χ0) is 16.9. The number of likely N-dealkylation sites (tertiary alicyclic amines) is 1. The van der Waals surface area contributed by atoms with E-state index in [-0.39, 0.29) is 23.8 Å². The van der Waals surface area contributed by atoms with Gasteiger partial charge in [0.25, 0.3) is 0 Å². The summed E-state index contributed by atoms with van der Waals surface area (Å²) < 4.78 is 0. The Morgan fingerprint density at radius 2 is 2.12 bits per heavy atom.